The molecule has 0 amide bonds. The molecule has 4 rings (SSSR count). The van der Waals surface area contributed by atoms with Gasteiger partial charge in [-0.2, -0.15) is 4.31 Å². The quantitative estimate of drug-likeness (QED) is 0.716. The van der Waals surface area contributed by atoms with Gasteiger partial charge in [-0.1, -0.05) is 6.07 Å². The Hall–Kier alpha value is -2.58. The van der Waals surface area contributed by atoms with E-state index in [9.17, 15) is 13.2 Å². The van der Waals surface area contributed by atoms with Crippen LogP contribution in [0.4, 0.5) is 0 Å². The summed E-state index contributed by atoms with van der Waals surface area (Å²) in [6.45, 7) is 4.46. The van der Waals surface area contributed by atoms with Gasteiger partial charge in [0.25, 0.3) is 0 Å². The van der Waals surface area contributed by atoms with E-state index in [-0.39, 0.29) is 30.2 Å². The van der Waals surface area contributed by atoms with Crippen LogP contribution in [0, 0.1) is 13.8 Å². The lowest BCUT2D eigenvalue weighted by atomic mass is 9.82. The number of methoxy groups -OCH3 is 2. The number of fused-ring (bicyclic) bond motifs is 1. The van der Waals surface area contributed by atoms with E-state index in [1.807, 2.05) is 26.0 Å². The van der Waals surface area contributed by atoms with Crippen LogP contribution in [0.2, 0.25) is 0 Å². The molecular formula is C23H27NO6S. The molecule has 0 atom stereocenters. The van der Waals surface area contributed by atoms with Gasteiger partial charge in [-0.05, 0) is 43.2 Å². The second kappa shape index (κ2) is 7.84. The molecule has 31 heavy (non-hydrogen) atoms. The fourth-order valence-corrected chi connectivity index (χ4v) is 6.01. The molecule has 2 aliphatic rings. The lowest BCUT2D eigenvalue weighted by Gasteiger charge is -2.43. The van der Waals surface area contributed by atoms with Crippen LogP contribution < -0.4 is 14.2 Å². The minimum Gasteiger partial charge on any atom is -0.493 e. The molecule has 0 unspecified atom stereocenters. The summed E-state index contributed by atoms with van der Waals surface area (Å²) in [6, 6.07) is 8.45. The highest BCUT2D eigenvalue weighted by atomic mass is 32.2. The van der Waals surface area contributed by atoms with E-state index < -0.39 is 15.6 Å². The first-order valence-corrected chi connectivity index (χ1v) is 11.7. The number of hydrogen-bond acceptors (Lipinski definition) is 6. The van der Waals surface area contributed by atoms with Gasteiger partial charge in [0.05, 0.1) is 31.1 Å². The minimum atomic E-state index is -3.71. The summed E-state index contributed by atoms with van der Waals surface area (Å²) in [5.74, 6) is 1.51. The van der Waals surface area contributed by atoms with Gasteiger partial charge in [-0.25, -0.2) is 8.42 Å². The van der Waals surface area contributed by atoms with Crippen molar-refractivity contribution >= 4 is 15.8 Å². The number of rotatable bonds is 4. The van der Waals surface area contributed by atoms with E-state index in [0.717, 1.165) is 11.1 Å². The SMILES string of the molecule is COc1ccc(S(=O)(=O)N2CCC3(CC2)CC(=O)c2c(C)cc(C)cc2O3)cc1OC. The molecule has 0 saturated carbocycles. The summed E-state index contributed by atoms with van der Waals surface area (Å²) in [6.07, 6.45) is 1.18. The maximum atomic E-state index is 13.2. The zero-order valence-corrected chi connectivity index (χ0v) is 19.0. The van der Waals surface area contributed by atoms with E-state index in [0.29, 0.717) is 35.7 Å². The molecule has 2 heterocycles. The van der Waals surface area contributed by atoms with Crippen molar-refractivity contribution in [1.82, 2.24) is 4.31 Å². The van der Waals surface area contributed by atoms with Gasteiger partial charge in [-0.3, -0.25) is 4.79 Å². The number of nitrogens with zero attached hydrogens (tertiary/aromatic N) is 1. The number of aryl methyl sites for hydroxylation is 2. The second-order valence-corrected chi connectivity index (χ2v) is 10.2. The van der Waals surface area contributed by atoms with E-state index in [1.165, 1.54) is 30.7 Å². The van der Waals surface area contributed by atoms with Crippen molar-refractivity contribution in [2.24, 2.45) is 0 Å². The molecular weight excluding hydrogens is 418 g/mol. The number of ether oxygens (including phenoxy) is 3. The predicted octanol–water partition coefficient (Wildman–Crippen LogP) is 3.51. The Bertz CT molecular complexity index is 1130. The first-order valence-electron chi connectivity index (χ1n) is 10.2. The molecule has 1 spiro atoms. The molecule has 7 nitrogen and oxygen atoms in total. The van der Waals surface area contributed by atoms with Gasteiger partial charge in [0, 0.05) is 32.0 Å². The lowest BCUT2D eigenvalue weighted by molar-refractivity contribution is 0.00577. The molecule has 8 heteroatoms. The zero-order valence-electron chi connectivity index (χ0n) is 18.2. The van der Waals surface area contributed by atoms with Crippen LogP contribution in [0.15, 0.2) is 35.2 Å². The van der Waals surface area contributed by atoms with Crippen molar-refractivity contribution in [3.63, 3.8) is 0 Å². The Labute approximate surface area is 183 Å². The molecule has 0 N–H and O–H groups in total. The third-order valence-corrected chi connectivity index (χ3v) is 8.05. The van der Waals surface area contributed by atoms with Gasteiger partial charge in [0.15, 0.2) is 17.3 Å². The second-order valence-electron chi connectivity index (χ2n) is 8.26. The van der Waals surface area contributed by atoms with Gasteiger partial charge in [0.2, 0.25) is 10.0 Å². The van der Waals surface area contributed by atoms with Crippen LogP contribution in [0.1, 0.15) is 40.7 Å². The number of ketones is 1. The standard InChI is InChI=1S/C23H27NO6S/c1-15-11-16(2)22-18(25)14-23(30-21(22)12-15)7-9-24(10-8-23)31(26,27)17-5-6-19(28-3)20(13-17)29-4/h5-6,11-13H,7-10,14H2,1-4H3. The van der Waals surface area contributed by atoms with Crippen LogP contribution >= 0.6 is 0 Å². The number of benzene rings is 2. The lowest BCUT2D eigenvalue weighted by Crippen LogP contribution is -2.52. The van der Waals surface area contributed by atoms with Crippen molar-refractivity contribution in [2.75, 3.05) is 27.3 Å². The summed E-state index contributed by atoms with van der Waals surface area (Å²) >= 11 is 0. The minimum absolute atomic E-state index is 0.0648. The Kier molecular flexibility index (Phi) is 5.47. The Morgan fingerprint density at radius 1 is 1.00 bits per heavy atom. The van der Waals surface area contributed by atoms with Crippen molar-refractivity contribution in [3.8, 4) is 17.2 Å². The van der Waals surface area contributed by atoms with E-state index >= 15 is 0 Å². The molecule has 2 aromatic carbocycles. The van der Waals surface area contributed by atoms with Crippen LogP contribution in [0.25, 0.3) is 0 Å². The molecule has 0 aliphatic carbocycles. The number of sulfonamides is 1. The largest absolute Gasteiger partial charge is 0.493 e. The first kappa shape index (κ1) is 21.6. The van der Waals surface area contributed by atoms with Gasteiger partial charge < -0.3 is 14.2 Å². The zero-order chi connectivity index (χ0) is 22.4. The molecule has 166 valence electrons. The van der Waals surface area contributed by atoms with Gasteiger partial charge >= 0.3 is 0 Å². The highest BCUT2D eigenvalue weighted by molar-refractivity contribution is 7.89. The third-order valence-electron chi connectivity index (χ3n) is 6.16. The molecule has 0 aromatic heterocycles. The normalized spacial score (nSPS) is 18.4. The van der Waals surface area contributed by atoms with Crippen LogP contribution in [0.5, 0.6) is 17.2 Å². The smallest absolute Gasteiger partial charge is 0.243 e. The molecule has 2 aromatic rings. The number of Topliss-reactive ketones (excluding diaryl/α,β-unsaturated/α-hetero) is 1. The Morgan fingerprint density at radius 3 is 2.32 bits per heavy atom. The van der Waals surface area contributed by atoms with Crippen molar-refractivity contribution < 1.29 is 27.4 Å². The maximum Gasteiger partial charge on any atom is 0.243 e. The highest BCUT2D eigenvalue weighted by Gasteiger charge is 2.45. The van der Waals surface area contributed by atoms with Crippen molar-refractivity contribution in [3.05, 3.63) is 47.0 Å². The summed E-state index contributed by atoms with van der Waals surface area (Å²) in [4.78, 5) is 13.0. The van der Waals surface area contributed by atoms with E-state index in [1.54, 1.807) is 6.07 Å². The maximum absolute atomic E-state index is 13.2. The van der Waals surface area contributed by atoms with E-state index in [4.69, 9.17) is 14.2 Å². The summed E-state index contributed by atoms with van der Waals surface area (Å²) < 4.78 is 44.6. The fraction of sp³-hybridized carbons (Fsp3) is 0.435. The Balaban J connectivity index is 1.55. The average molecular weight is 446 g/mol. The Morgan fingerprint density at radius 2 is 1.68 bits per heavy atom. The van der Waals surface area contributed by atoms with Crippen LogP contribution in [-0.4, -0.2) is 51.4 Å². The third kappa shape index (κ3) is 3.78. The molecule has 2 aliphatic heterocycles. The molecule has 1 saturated heterocycles. The highest BCUT2D eigenvalue weighted by Crippen LogP contribution is 2.42. The van der Waals surface area contributed by atoms with Crippen LogP contribution in [-0.2, 0) is 10.0 Å². The van der Waals surface area contributed by atoms with Gasteiger partial charge in [-0.15, -0.1) is 0 Å². The first-order chi connectivity index (χ1) is 14.7. The number of hydrogen-bond donors (Lipinski definition) is 0. The fourth-order valence-electron chi connectivity index (χ4n) is 4.56. The van der Waals surface area contributed by atoms with E-state index in [2.05, 4.69) is 0 Å². The average Bonchev–Trinajstić information content (AvgIpc) is 2.72. The number of carbonyl (C=O) groups is 1. The topological polar surface area (TPSA) is 82.1 Å². The number of carbonyl (C=O) groups excluding carboxylic acids is 1. The van der Waals surface area contributed by atoms with Crippen molar-refractivity contribution in [1.29, 1.82) is 0 Å². The molecule has 0 bridgehead atoms. The summed E-state index contributed by atoms with van der Waals surface area (Å²) in [5, 5.41) is 0. The number of piperidine rings is 1. The van der Waals surface area contributed by atoms with Crippen LogP contribution in [0.3, 0.4) is 0 Å². The predicted molar refractivity (Wildman–Crippen MR) is 116 cm³/mol. The monoisotopic (exact) mass is 445 g/mol. The molecule has 1 fully saturated rings. The summed E-state index contributed by atoms with van der Waals surface area (Å²) in [5.41, 5.74) is 1.95. The molecule has 0 radical (unpaired) electrons. The summed E-state index contributed by atoms with van der Waals surface area (Å²) in [7, 11) is -0.733. The van der Waals surface area contributed by atoms with Crippen molar-refractivity contribution in [2.45, 2.75) is 43.6 Å². The van der Waals surface area contributed by atoms with Gasteiger partial charge in [0.1, 0.15) is 11.4 Å².